The van der Waals surface area contributed by atoms with Crippen molar-refractivity contribution in [2.45, 2.75) is 13.8 Å². The van der Waals surface area contributed by atoms with Crippen LogP contribution in [0.3, 0.4) is 0 Å². The second-order valence-electron chi connectivity index (χ2n) is 4.33. The first-order chi connectivity index (χ1) is 9.35. The van der Waals surface area contributed by atoms with Crippen molar-refractivity contribution in [1.29, 1.82) is 0 Å². The van der Waals surface area contributed by atoms with Crippen LogP contribution in [0.25, 0.3) is 0 Å². The van der Waals surface area contributed by atoms with Gasteiger partial charge in [0, 0.05) is 17.6 Å². The van der Waals surface area contributed by atoms with E-state index in [1.165, 1.54) is 30.0 Å². The van der Waals surface area contributed by atoms with Crippen molar-refractivity contribution in [3.63, 3.8) is 0 Å². The molecule has 1 aromatic carbocycles. The van der Waals surface area contributed by atoms with E-state index in [9.17, 15) is 14.0 Å². The Labute approximate surface area is 124 Å². The van der Waals surface area contributed by atoms with Crippen molar-refractivity contribution in [3.05, 3.63) is 28.5 Å². The molecule has 1 atom stereocenters. The summed E-state index contributed by atoms with van der Waals surface area (Å²) in [5.41, 5.74) is 0.302. The van der Waals surface area contributed by atoms with E-state index in [-0.39, 0.29) is 6.54 Å². The molecule has 0 bridgehead atoms. The van der Waals surface area contributed by atoms with Crippen molar-refractivity contribution in [3.8, 4) is 0 Å². The predicted molar refractivity (Wildman–Crippen MR) is 77.2 cm³/mol. The van der Waals surface area contributed by atoms with Crippen LogP contribution in [0, 0.1) is 11.7 Å². The van der Waals surface area contributed by atoms with E-state index in [4.69, 9.17) is 5.11 Å². The first kappa shape index (κ1) is 16.4. The third-order valence-electron chi connectivity index (χ3n) is 2.75. The molecule has 1 aromatic rings. The molecule has 0 spiro atoms. The molecule has 0 aliphatic rings. The molecular formula is C13H16BrFN2O3. The summed E-state index contributed by atoms with van der Waals surface area (Å²) in [5.74, 6) is -2.11. The van der Waals surface area contributed by atoms with Crippen molar-refractivity contribution >= 4 is 33.6 Å². The van der Waals surface area contributed by atoms with Crippen LogP contribution < -0.4 is 5.32 Å². The number of nitrogens with one attached hydrogen (secondary N) is 1. The number of carbonyl (C=O) groups is 2. The van der Waals surface area contributed by atoms with Gasteiger partial charge >= 0.3 is 12.0 Å². The SMILES string of the molecule is CCN(CC(C)C(=O)O)C(=O)Nc1cc(F)ccc1Br. The van der Waals surface area contributed by atoms with Gasteiger partial charge in [0.1, 0.15) is 5.82 Å². The molecule has 0 aliphatic heterocycles. The Bertz CT molecular complexity index is 510. The fraction of sp³-hybridized carbons (Fsp3) is 0.385. The maximum absolute atomic E-state index is 13.1. The number of benzene rings is 1. The third kappa shape index (κ3) is 4.48. The van der Waals surface area contributed by atoms with E-state index in [1.807, 2.05) is 0 Å². The highest BCUT2D eigenvalue weighted by Crippen LogP contribution is 2.23. The van der Waals surface area contributed by atoms with Gasteiger partial charge in [-0.2, -0.15) is 0 Å². The monoisotopic (exact) mass is 346 g/mol. The Morgan fingerprint density at radius 1 is 1.50 bits per heavy atom. The lowest BCUT2D eigenvalue weighted by Crippen LogP contribution is -2.39. The number of carbonyl (C=O) groups excluding carboxylic acids is 1. The van der Waals surface area contributed by atoms with Crippen molar-refractivity contribution < 1.29 is 19.1 Å². The number of anilines is 1. The third-order valence-corrected chi connectivity index (χ3v) is 3.45. The van der Waals surface area contributed by atoms with Crippen LogP contribution in [0.5, 0.6) is 0 Å². The molecular weight excluding hydrogens is 331 g/mol. The summed E-state index contributed by atoms with van der Waals surface area (Å²) in [4.78, 5) is 24.2. The summed E-state index contributed by atoms with van der Waals surface area (Å²) >= 11 is 3.21. The minimum Gasteiger partial charge on any atom is -0.481 e. The molecule has 0 saturated carbocycles. The topological polar surface area (TPSA) is 69.6 Å². The Hall–Kier alpha value is -1.63. The molecule has 2 N–H and O–H groups in total. The van der Waals surface area contributed by atoms with Crippen LogP contribution in [0.4, 0.5) is 14.9 Å². The molecule has 0 fully saturated rings. The van der Waals surface area contributed by atoms with E-state index in [0.717, 1.165) is 0 Å². The fourth-order valence-electron chi connectivity index (χ4n) is 1.55. The molecule has 7 heteroatoms. The molecule has 0 saturated heterocycles. The summed E-state index contributed by atoms with van der Waals surface area (Å²) in [5, 5.41) is 11.4. The van der Waals surface area contributed by atoms with Crippen LogP contribution in [0.1, 0.15) is 13.8 Å². The molecule has 1 rings (SSSR count). The molecule has 2 amide bonds. The number of carboxylic acids is 1. The molecule has 0 radical (unpaired) electrons. The number of rotatable bonds is 5. The van der Waals surface area contributed by atoms with Gasteiger partial charge in [0.05, 0.1) is 11.6 Å². The van der Waals surface area contributed by atoms with Gasteiger partial charge < -0.3 is 15.3 Å². The van der Waals surface area contributed by atoms with E-state index in [1.54, 1.807) is 6.92 Å². The number of aliphatic carboxylic acids is 1. The quantitative estimate of drug-likeness (QED) is 0.860. The largest absolute Gasteiger partial charge is 0.481 e. The van der Waals surface area contributed by atoms with Crippen molar-refractivity contribution in [2.75, 3.05) is 18.4 Å². The number of amides is 2. The molecule has 0 heterocycles. The van der Waals surface area contributed by atoms with Crippen LogP contribution in [0.2, 0.25) is 0 Å². The lowest BCUT2D eigenvalue weighted by Gasteiger charge is -2.23. The summed E-state index contributed by atoms with van der Waals surface area (Å²) < 4.78 is 13.7. The van der Waals surface area contributed by atoms with Gasteiger partial charge in [0.2, 0.25) is 0 Å². The zero-order chi connectivity index (χ0) is 15.3. The maximum atomic E-state index is 13.1. The number of carboxylic acid groups (broad SMARTS) is 1. The van der Waals surface area contributed by atoms with Gasteiger partial charge in [0.15, 0.2) is 0 Å². The molecule has 0 aliphatic carbocycles. The number of urea groups is 1. The van der Waals surface area contributed by atoms with Crippen LogP contribution in [0.15, 0.2) is 22.7 Å². The Morgan fingerprint density at radius 2 is 2.15 bits per heavy atom. The molecule has 0 aromatic heterocycles. The lowest BCUT2D eigenvalue weighted by atomic mass is 10.2. The minimum absolute atomic E-state index is 0.0879. The van der Waals surface area contributed by atoms with Crippen LogP contribution in [-0.2, 0) is 4.79 Å². The summed E-state index contributed by atoms with van der Waals surface area (Å²) in [6.45, 7) is 3.71. The molecule has 20 heavy (non-hydrogen) atoms. The summed E-state index contributed by atoms with van der Waals surface area (Å²) in [7, 11) is 0. The van der Waals surface area contributed by atoms with E-state index >= 15 is 0 Å². The average Bonchev–Trinajstić information content (AvgIpc) is 2.39. The molecule has 5 nitrogen and oxygen atoms in total. The summed E-state index contributed by atoms with van der Waals surface area (Å²) in [6, 6.07) is 3.48. The molecule has 110 valence electrons. The number of halogens is 2. The van der Waals surface area contributed by atoms with Gasteiger partial charge in [-0.3, -0.25) is 4.79 Å². The molecule has 1 unspecified atom stereocenters. The van der Waals surface area contributed by atoms with E-state index < -0.39 is 23.7 Å². The number of hydrogen-bond acceptors (Lipinski definition) is 2. The van der Waals surface area contributed by atoms with Gasteiger partial charge in [-0.15, -0.1) is 0 Å². The van der Waals surface area contributed by atoms with Gasteiger partial charge in [-0.1, -0.05) is 6.92 Å². The van der Waals surface area contributed by atoms with Crippen LogP contribution >= 0.6 is 15.9 Å². The van der Waals surface area contributed by atoms with Gasteiger partial charge in [-0.25, -0.2) is 9.18 Å². The highest BCUT2D eigenvalue weighted by molar-refractivity contribution is 9.10. The van der Waals surface area contributed by atoms with Gasteiger partial charge in [0.25, 0.3) is 0 Å². The number of nitrogens with zero attached hydrogens (tertiary/aromatic N) is 1. The van der Waals surface area contributed by atoms with E-state index in [2.05, 4.69) is 21.2 Å². The zero-order valence-electron chi connectivity index (χ0n) is 11.2. The standard InChI is InChI=1S/C13H16BrFN2O3/c1-3-17(7-8(2)12(18)19)13(20)16-11-6-9(15)4-5-10(11)14/h4-6,8H,3,7H2,1-2H3,(H,16,20)(H,18,19). The highest BCUT2D eigenvalue weighted by atomic mass is 79.9. The smallest absolute Gasteiger partial charge is 0.321 e. The highest BCUT2D eigenvalue weighted by Gasteiger charge is 2.19. The Morgan fingerprint density at radius 3 is 2.70 bits per heavy atom. The lowest BCUT2D eigenvalue weighted by molar-refractivity contribution is -0.141. The van der Waals surface area contributed by atoms with Crippen LogP contribution in [-0.4, -0.2) is 35.1 Å². The predicted octanol–water partition coefficient (Wildman–Crippen LogP) is 3.16. The van der Waals surface area contributed by atoms with E-state index in [0.29, 0.717) is 16.7 Å². The second kappa shape index (κ2) is 7.23. The fourth-order valence-corrected chi connectivity index (χ4v) is 1.90. The maximum Gasteiger partial charge on any atom is 0.321 e. The first-order valence-corrected chi connectivity index (χ1v) is 6.88. The minimum atomic E-state index is -0.969. The van der Waals surface area contributed by atoms with Gasteiger partial charge in [-0.05, 0) is 41.1 Å². The normalized spacial score (nSPS) is 11.8. The zero-order valence-corrected chi connectivity index (χ0v) is 12.8. The van der Waals surface area contributed by atoms with Crippen molar-refractivity contribution in [1.82, 2.24) is 4.90 Å². The first-order valence-electron chi connectivity index (χ1n) is 6.09. The second-order valence-corrected chi connectivity index (χ2v) is 5.19. The van der Waals surface area contributed by atoms with Crippen molar-refractivity contribution in [2.24, 2.45) is 5.92 Å². The Kier molecular flexibility index (Phi) is 5.94. The average molecular weight is 347 g/mol. The number of hydrogen-bond donors (Lipinski definition) is 2. The Balaban J connectivity index is 2.77. The summed E-state index contributed by atoms with van der Waals surface area (Å²) in [6.07, 6.45) is 0.